The van der Waals surface area contributed by atoms with Crippen LogP contribution in [-0.4, -0.2) is 67.1 Å². The lowest BCUT2D eigenvalue weighted by molar-refractivity contribution is 0.0324. The number of piperazine rings is 1. The molecule has 0 N–H and O–H groups in total. The van der Waals surface area contributed by atoms with E-state index in [1.807, 2.05) is 6.07 Å². The molecule has 0 aliphatic carbocycles. The Morgan fingerprint density at radius 2 is 1.87 bits per heavy atom. The van der Waals surface area contributed by atoms with Crippen LogP contribution in [0, 0.1) is 18.7 Å². The van der Waals surface area contributed by atoms with Gasteiger partial charge in [0.05, 0.1) is 0 Å². The summed E-state index contributed by atoms with van der Waals surface area (Å²) < 4.78 is 13.5. The molecule has 2 atom stereocenters. The second-order valence-corrected chi connectivity index (χ2v) is 7.48. The van der Waals surface area contributed by atoms with Gasteiger partial charge in [-0.05, 0) is 56.1 Å². The maximum Gasteiger partial charge on any atom is 0.123 e. The van der Waals surface area contributed by atoms with E-state index >= 15 is 0 Å². The second-order valence-electron chi connectivity index (χ2n) is 7.48. The molecular weight excluding hydrogens is 289 g/mol. The molecule has 0 aromatic heterocycles. The molecule has 0 bridgehead atoms. The van der Waals surface area contributed by atoms with Gasteiger partial charge in [0.2, 0.25) is 0 Å². The van der Waals surface area contributed by atoms with Crippen molar-refractivity contribution in [1.29, 1.82) is 0 Å². The van der Waals surface area contributed by atoms with E-state index in [1.165, 1.54) is 38.2 Å². The fourth-order valence-corrected chi connectivity index (χ4v) is 4.11. The third-order valence-electron chi connectivity index (χ3n) is 5.66. The van der Waals surface area contributed by atoms with Gasteiger partial charge < -0.3 is 4.90 Å². The summed E-state index contributed by atoms with van der Waals surface area (Å²) in [6.07, 6.45) is 1.24. The van der Waals surface area contributed by atoms with E-state index in [-0.39, 0.29) is 5.82 Å². The smallest absolute Gasteiger partial charge is 0.123 e. The molecular formula is C19H30FN3. The fourth-order valence-electron chi connectivity index (χ4n) is 4.11. The van der Waals surface area contributed by atoms with Crippen LogP contribution in [-0.2, 0) is 6.54 Å². The van der Waals surface area contributed by atoms with Crippen LogP contribution in [0.2, 0.25) is 0 Å². The minimum absolute atomic E-state index is 0.119. The zero-order chi connectivity index (χ0) is 16.4. The Morgan fingerprint density at radius 3 is 2.57 bits per heavy atom. The molecule has 128 valence electrons. The topological polar surface area (TPSA) is 9.72 Å². The van der Waals surface area contributed by atoms with Crippen LogP contribution >= 0.6 is 0 Å². The Bertz CT molecular complexity index is 525. The largest absolute Gasteiger partial charge is 0.304 e. The molecule has 0 radical (unpaired) electrons. The summed E-state index contributed by atoms with van der Waals surface area (Å²) in [4.78, 5) is 7.61. The number of nitrogens with zero attached hydrogens (tertiary/aromatic N) is 3. The minimum Gasteiger partial charge on any atom is -0.304 e. The van der Waals surface area contributed by atoms with Gasteiger partial charge in [-0.2, -0.15) is 0 Å². The number of piperidine rings is 1. The van der Waals surface area contributed by atoms with Crippen molar-refractivity contribution in [1.82, 2.24) is 14.7 Å². The highest BCUT2D eigenvalue weighted by Gasteiger charge is 2.31. The number of benzene rings is 1. The van der Waals surface area contributed by atoms with Crippen molar-refractivity contribution < 1.29 is 4.39 Å². The van der Waals surface area contributed by atoms with Crippen molar-refractivity contribution in [2.24, 2.45) is 5.92 Å². The van der Waals surface area contributed by atoms with Crippen LogP contribution in [0.4, 0.5) is 4.39 Å². The quantitative estimate of drug-likeness (QED) is 0.848. The first-order chi connectivity index (χ1) is 11.0. The lowest BCUT2D eigenvalue weighted by Crippen LogP contribution is -2.55. The second kappa shape index (κ2) is 7.29. The molecule has 0 unspecified atom stereocenters. The lowest BCUT2D eigenvalue weighted by atomic mass is 9.91. The molecule has 2 saturated heterocycles. The maximum atomic E-state index is 13.5. The highest BCUT2D eigenvalue weighted by molar-refractivity contribution is 5.26. The van der Waals surface area contributed by atoms with E-state index in [0.717, 1.165) is 25.2 Å². The van der Waals surface area contributed by atoms with Gasteiger partial charge in [-0.3, -0.25) is 9.80 Å². The SMILES string of the molecule is Cc1ccc(F)cc1CN1CC[C@@H](N2CCN(C)CC2)[C@@H](C)C1. The molecule has 1 aromatic rings. The standard InChI is InChI=1S/C19H30FN3/c1-15-4-5-18(20)12-17(15)14-22-7-6-19(16(2)13-22)23-10-8-21(3)9-11-23/h4-5,12,16,19H,6-11,13-14H2,1-3H3/t16-,19+/m0/s1. The van der Waals surface area contributed by atoms with E-state index in [1.54, 1.807) is 12.1 Å². The molecule has 1 aromatic carbocycles. The van der Waals surface area contributed by atoms with E-state index in [2.05, 4.69) is 35.6 Å². The van der Waals surface area contributed by atoms with Gasteiger partial charge in [-0.1, -0.05) is 13.0 Å². The molecule has 2 heterocycles. The molecule has 0 saturated carbocycles. The third-order valence-corrected chi connectivity index (χ3v) is 5.66. The van der Waals surface area contributed by atoms with Crippen molar-refractivity contribution in [3.8, 4) is 0 Å². The van der Waals surface area contributed by atoms with E-state index in [4.69, 9.17) is 0 Å². The first-order valence-corrected chi connectivity index (χ1v) is 8.93. The lowest BCUT2D eigenvalue weighted by Gasteiger charge is -2.45. The van der Waals surface area contributed by atoms with Gasteiger partial charge in [0, 0.05) is 45.3 Å². The predicted octanol–water partition coefficient (Wildman–Crippen LogP) is 2.59. The van der Waals surface area contributed by atoms with Crippen molar-refractivity contribution in [3.05, 3.63) is 35.1 Å². The number of likely N-dealkylation sites (N-methyl/N-ethyl adjacent to an activating group) is 1. The summed E-state index contributed by atoms with van der Waals surface area (Å²) >= 11 is 0. The average Bonchev–Trinajstić information content (AvgIpc) is 2.52. The summed E-state index contributed by atoms with van der Waals surface area (Å²) in [6, 6.07) is 5.87. The Hall–Kier alpha value is -0.970. The fraction of sp³-hybridized carbons (Fsp3) is 0.684. The van der Waals surface area contributed by atoms with Gasteiger partial charge in [0.1, 0.15) is 5.82 Å². The van der Waals surface area contributed by atoms with E-state index < -0.39 is 0 Å². The zero-order valence-electron chi connectivity index (χ0n) is 14.8. The van der Waals surface area contributed by atoms with Gasteiger partial charge in [-0.15, -0.1) is 0 Å². The molecule has 23 heavy (non-hydrogen) atoms. The van der Waals surface area contributed by atoms with Crippen molar-refractivity contribution in [3.63, 3.8) is 0 Å². The molecule has 2 aliphatic rings. The summed E-state index contributed by atoms with van der Waals surface area (Å²) in [5.74, 6) is 0.562. The molecule has 0 amide bonds. The van der Waals surface area contributed by atoms with Crippen LogP contribution in [0.1, 0.15) is 24.5 Å². The normalized spacial score (nSPS) is 28.2. The van der Waals surface area contributed by atoms with Crippen LogP contribution < -0.4 is 0 Å². The Kier molecular flexibility index (Phi) is 5.34. The van der Waals surface area contributed by atoms with Crippen LogP contribution in [0.5, 0.6) is 0 Å². The Labute approximate surface area is 140 Å². The van der Waals surface area contributed by atoms with Crippen molar-refractivity contribution in [2.75, 3.05) is 46.3 Å². The first kappa shape index (κ1) is 16.9. The summed E-state index contributed by atoms with van der Waals surface area (Å²) in [5, 5.41) is 0. The number of rotatable bonds is 3. The molecule has 4 heteroatoms. The molecule has 3 nitrogen and oxygen atoms in total. The number of halogens is 1. The molecule has 2 fully saturated rings. The minimum atomic E-state index is -0.119. The van der Waals surface area contributed by atoms with Gasteiger partial charge in [-0.25, -0.2) is 4.39 Å². The number of aryl methyl sites for hydroxylation is 1. The highest BCUT2D eigenvalue weighted by Crippen LogP contribution is 2.25. The maximum absolute atomic E-state index is 13.5. The van der Waals surface area contributed by atoms with E-state index in [9.17, 15) is 4.39 Å². The summed E-state index contributed by atoms with van der Waals surface area (Å²) in [5.41, 5.74) is 2.33. The molecule has 0 spiro atoms. The summed E-state index contributed by atoms with van der Waals surface area (Å²) in [7, 11) is 2.21. The van der Waals surface area contributed by atoms with Crippen LogP contribution in [0.15, 0.2) is 18.2 Å². The number of hydrogen-bond acceptors (Lipinski definition) is 3. The Balaban J connectivity index is 1.57. The monoisotopic (exact) mass is 319 g/mol. The highest BCUT2D eigenvalue weighted by atomic mass is 19.1. The molecule has 2 aliphatic heterocycles. The van der Waals surface area contributed by atoms with Gasteiger partial charge in [0.25, 0.3) is 0 Å². The Morgan fingerprint density at radius 1 is 1.13 bits per heavy atom. The summed E-state index contributed by atoms with van der Waals surface area (Å²) in [6.45, 7) is 12.4. The number of likely N-dealkylation sites (tertiary alicyclic amines) is 1. The first-order valence-electron chi connectivity index (χ1n) is 8.93. The van der Waals surface area contributed by atoms with Crippen LogP contribution in [0.3, 0.4) is 0 Å². The predicted molar refractivity (Wildman–Crippen MR) is 93.1 cm³/mol. The van der Waals surface area contributed by atoms with Crippen LogP contribution in [0.25, 0.3) is 0 Å². The zero-order valence-corrected chi connectivity index (χ0v) is 14.8. The molecule has 3 rings (SSSR count). The van der Waals surface area contributed by atoms with E-state index in [0.29, 0.717) is 12.0 Å². The third kappa shape index (κ3) is 4.11. The van der Waals surface area contributed by atoms with Crippen molar-refractivity contribution >= 4 is 0 Å². The van der Waals surface area contributed by atoms with Gasteiger partial charge >= 0.3 is 0 Å². The average molecular weight is 319 g/mol. The van der Waals surface area contributed by atoms with Crippen molar-refractivity contribution in [2.45, 2.75) is 32.9 Å². The number of hydrogen-bond donors (Lipinski definition) is 0. The van der Waals surface area contributed by atoms with Gasteiger partial charge in [0.15, 0.2) is 0 Å².